The third kappa shape index (κ3) is 10.4. The van der Waals surface area contributed by atoms with E-state index in [9.17, 15) is 0 Å². The molecule has 6 nitrogen and oxygen atoms in total. The van der Waals surface area contributed by atoms with Crippen molar-refractivity contribution >= 4 is 0 Å². The first-order chi connectivity index (χ1) is 19.7. The van der Waals surface area contributed by atoms with Crippen LogP contribution in [0.1, 0.15) is 47.9 Å². The summed E-state index contributed by atoms with van der Waals surface area (Å²) in [5, 5.41) is 7.21. The highest BCUT2D eigenvalue weighted by molar-refractivity contribution is 5.51. The number of ether oxygens (including phenoxy) is 4. The number of unbranched alkanes of at least 4 members (excludes halogenated alkanes) is 3. The van der Waals surface area contributed by atoms with Gasteiger partial charge in [0, 0.05) is 5.56 Å². The lowest BCUT2D eigenvalue weighted by atomic mass is 9.96. The van der Waals surface area contributed by atoms with Crippen LogP contribution in [0.25, 0.3) is 0 Å². The molecule has 0 heterocycles. The molecule has 0 aliphatic carbocycles. The van der Waals surface area contributed by atoms with Gasteiger partial charge in [-0.3, -0.25) is 0 Å². The molecule has 0 atom stereocenters. The summed E-state index contributed by atoms with van der Waals surface area (Å²) in [5.74, 6) is 3.44. The molecule has 3 rings (SSSR count). The van der Waals surface area contributed by atoms with Crippen LogP contribution in [0, 0.1) is 0 Å². The molecule has 40 heavy (non-hydrogen) atoms. The zero-order chi connectivity index (χ0) is 28.4. The monoisotopic (exact) mass is 548 g/mol. The van der Waals surface area contributed by atoms with Crippen molar-refractivity contribution in [1.29, 1.82) is 0 Å². The Labute approximate surface area is 241 Å². The van der Waals surface area contributed by atoms with Crippen LogP contribution in [0.2, 0.25) is 0 Å². The number of nitrogens with one attached hydrogen (secondary N) is 2. The van der Waals surface area contributed by atoms with Gasteiger partial charge in [-0.25, -0.2) is 0 Å². The Kier molecular flexibility index (Phi) is 14.2. The van der Waals surface area contributed by atoms with Gasteiger partial charge in [0.25, 0.3) is 0 Å². The lowest BCUT2D eigenvalue weighted by Crippen LogP contribution is -2.20. The van der Waals surface area contributed by atoms with Gasteiger partial charge in [-0.2, -0.15) is 0 Å². The average molecular weight is 549 g/mol. The van der Waals surface area contributed by atoms with Crippen LogP contribution in [0.3, 0.4) is 0 Å². The van der Waals surface area contributed by atoms with Crippen LogP contribution in [0.15, 0.2) is 60.7 Å². The minimum absolute atomic E-state index is 0.787. The van der Waals surface area contributed by atoms with Crippen LogP contribution in [-0.4, -0.2) is 54.6 Å². The molecule has 3 aromatic carbocycles. The topological polar surface area (TPSA) is 61.0 Å². The predicted octanol–water partition coefficient (Wildman–Crippen LogP) is 6.03. The standard InChI is InChI=1S/C34H48N2O4/c1-37-30-16-12-27(13-17-30)20-24-35-22-7-5-6-8-23-36-25-21-29-15-19-33(39-3)34(40-4)32(29)18-14-28-10-9-11-31(26-28)38-2/h9-13,15-17,19,26,35-36H,5-8,14,18,20-25H2,1-4H3. The molecule has 6 heteroatoms. The molecular formula is C34H48N2O4. The van der Waals surface area contributed by atoms with Crippen LogP contribution < -0.4 is 29.6 Å². The summed E-state index contributed by atoms with van der Waals surface area (Å²) in [7, 11) is 6.84. The van der Waals surface area contributed by atoms with Crippen LogP contribution in [-0.2, 0) is 25.7 Å². The zero-order valence-corrected chi connectivity index (χ0v) is 24.9. The maximum Gasteiger partial charge on any atom is 0.164 e. The van der Waals surface area contributed by atoms with E-state index in [-0.39, 0.29) is 0 Å². The van der Waals surface area contributed by atoms with Gasteiger partial charge in [-0.05, 0) is 112 Å². The average Bonchev–Trinajstić information content (AvgIpc) is 3.00. The van der Waals surface area contributed by atoms with Crippen LogP contribution in [0.4, 0.5) is 0 Å². The SMILES string of the molecule is COc1ccc(CCNCCCCCCNCCc2ccc(OC)c(OC)c2CCc2cccc(OC)c2)cc1. The fourth-order valence-corrected chi connectivity index (χ4v) is 4.99. The summed E-state index contributed by atoms with van der Waals surface area (Å²) in [6.07, 6.45) is 8.78. The summed E-state index contributed by atoms with van der Waals surface area (Å²) < 4.78 is 22.0. The van der Waals surface area contributed by atoms with E-state index in [4.69, 9.17) is 18.9 Å². The van der Waals surface area contributed by atoms with Gasteiger partial charge in [-0.15, -0.1) is 0 Å². The Balaban J connectivity index is 1.32. The fourth-order valence-electron chi connectivity index (χ4n) is 4.99. The Morgan fingerprint density at radius 1 is 0.525 bits per heavy atom. The number of rotatable bonds is 20. The van der Waals surface area contributed by atoms with Crippen molar-refractivity contribution in [2.24, 2.45) is 0 Å². The first-order valence-electron chi connectivity index (χ1n) is 14.6. The predicted molar refractivity (Wildman–Crippen MR) is 165 cm³/mol. The second kappa shape index (κ2) is 18.2. The molecular weight excluding hydrogens is 500 g/mol. The van der Waals surface area contributed by atoms with Gasteiger partial charge in [-0.1, -0.05) is 43.2 Å². The third-order valence-corrected chi connectivity index (χ3v) is 7.32. The highest BCUT2D eigenvalue weighted by Crippen LogP contribution is 2.34. The van der Waals surface area contributed by atoms with E-state index >= 15 is 0 Å². The lowest BCUT2D eigenvalue weighted by molar-refractivity contribution is 0.351. The van der Waals surface area contributed by atoms with E-state index in [1.807, 2.05) is 30.3 Å². The first kappa shape index (κ1) is 31.3. The highest BCUT2D eigenvalue weighted by atomic mass is 16.5. The Morgan fingerprint density at radius 2 is 1.23 bits per heavy atom. The number of methoxy groups -OCH3 is 4. The molecule has 0 saturated heterocycles. The molecule has 0 aromatic heterocycles. The fraction of sp³-hybridized carbons (Fsp3) is 0.471. The second-order valence-corrected chi connectivity index (χ2v) is 10.1. The normalized spacial score (nSPS) is 10.9. The number of hydrogen-bond acceptors (Lipinski definition) is 6. The van der Waals surface area contributed by atoms with Crippen LogP contribution >= 0.6 is 0 Å². The Bertz CT molecular complexity index is 1120. The van der Waals surface area contributed by atoms with Crippen molar-refractivity contribution in [3.8, 4) is 23.0 Å². The smallest absolute Gasteiger partial charge is 0.164 e. The molecule has 0 radical (unpaired) electrons. The summed E-state index contributed by atoms with van der Waals surface area (Å²) in [6.45, 7) is 4.11. The van der Waals surface area contributed by atoms with Gasteiger partial charge in [0.2, 0.25) is 0 Å². The summed E-state index contributed by atoms with van der Waals surface area (Å²) in [4.78, 5) is 0. The second-order valence-electron chi connectivity index (χ2n) is 10.1. The molecule has 0 spiro atoms. The number of hydrogen-bond donors (Lipinski definition) is 2. The minimum atomic E-state index is 0.787. The van der Waals surface area contributed by atoms with Gasteiger partial charge >= 0.3 is 0 Å². The summed E-state index contributed by atoms with van der Waals surface area (Å²) in [6, 6.07) is 20.8. The maximum absolute atomic E-state index is 5.80. The largest absolute Gasteiger partial charge is 0.497 e. The van der Waals surface area contributed by atoms with E-state index in [1.54, 1.807) is 28.4 Å². The number of benzene rings is 3. The lowest BCUT2D eigenvalue weighted by Gasteiger charge is -2.17. The van der Waals surface area contributed by atoms with Gasteiger partial charge < -0.3 is 29.6 Å². The van der Waals surface area contributed by atoms with Crippen molar-refractivity contribution in [1.82, 2.24) is 10.6 Å². The number of aryl methyl sites for hydroxylation is 1. The van der Waals surface area contributed by atoms with E-state index in [0.29, 0.717) is 0 Å². The summed E-state index contributed by atoms with van der Waals surface area (Å²) >= 11 is 0. The third-order valence-electron chi connectivity index (χ3n) is 7.32. The van der Waals surface area contributed by atoms with Crippen molar-refractivity contribution < 1.29 is 18.9 Å². The zero-order valence-electron chi connectivity index (χ0n) is 24.9. The molecule has 0 unspecified atom stereocenters. The molecule has 0 saturated carbocycles. The Morgan fingerprint density at radius 3 is 1.88 bits per heavy atom. The van der Waals surface area contributed by atoms with Gasteiger partial charge in [0.1, 0.15) is 11.5 Å². The van der Waals surface area contributed by atoms with E-state index in [0.717, 1.165) is 74.9 Å². The van der Waals surface area contributed by atoms with Crippen LogP contribution in [0.5, 0.6) is 23.0 Å². The van der Waals surface area contributed by atoms with E-state index < -0.39 is 0 Å². The maximum atomic E-state index is 5.80. The quantitative estimate of drug-likeness (QED) is 0.168. The van der Waals surface area contributed by atoms with E-state index in [1.165, 1.54) is 47.9 Å². The van der Waals surface area contributed by atoms with Crippen molar-refractivity contribution in [3.63, 3.8) is 0 Å². The minimum Gasteiger partial charge on any atom is -0.497 e. The molecule has 0 amide bonds. The molecule has 0 fully saturated rings. The first-order valence-corrected chi connectivity index (χ1v) is 14.6. The Hall–Kier alpha value is -3.22. The van der Waals surface area contributed by atoms with Crippen molar-refractivity contribution in [2.75, 3.05) is 54.6 Å². The van der Waals surface area contributed by atoms with Gasteiger partial charge in [0.15, 0.2) is 11.5 Å². The molecule has 218 valence electrons. The molecule has 0 aliphatic heterocycles. The molecule has 0 bridgehead atoms. The highest BCUT2D eigenvalue weighted by Gasteiger charge is 2.15. The molecule has 2 N–H and O–H groups in total. The van der Waals surface area contributed by atoms with Gasteiger partial charge in [0.05, 0.1) is 28.4 Å². The van der Waals surface area contributed by atoms with Crippen molar-refractivity contribution in [2.45, 2.75) is 51.4 Å². The van der Waals surface area contributed by atoms with E-state index in [2.05, 4.69) is 41.0 Å². The molecule has 3 aromatic rings. The van der Waals surface area contributed by atoms with Crippen molar-refractivity contribution in [3.05, 3.63) is 82.9 Å². The molecule has 0 aliphatic rings. The summed E-state index contributed by atoms with van der Waals surface area (Å²) in [5.41, 5.74) is 5.14.